The lowest BCUT2D eigenvalue weighted by molar-refractivity contribution is 0.611. The molecule has 4 nitrogen and oxygen atoms in total. The Hall–Kier alpha value is -1.71. The second-order valence-electron chi connectivity index (χ2n) is 3.41. The topological polar surface area (TPSA) is 47.8 Å². The number of nitrogens with zero attached hydrogens (tertiary/aromatic N) is 3. The fourth-order valence-electron chi connectivity index (χ4n) is 1.41. The van der Waals surface area contributed by atoms with E-state index in [-0.39, 0.29) is 11.5 Å². The summed E-state index contributed by atoms with van der Waals surface area (Å²) in [5.74, 6) is 0. The molecule has 0 saturated carbocycles. The molecule has 0 aromatic carbocycles. The third kappa shape index (κ3) is 1.28. The van der Waals surface area contributed by atoms with Gasteiger partial charge in [-0.05, 0) is 13.8 Å². The Morgan fingerprint density at radius 1 is 1.29 bits per heavy atom. The Bertz CT molecular complexity index is 516. The van der Waals surface area contributed by atoms with Crippen molar-refractivity contribution in [1.29, 1.82) is 0 Å². The molecule has 0 aliphatic carbocycles. The van der Waals surface area contributed by atoms with Crippen LogP contribution in [0.1, 0.15) is 19.9 Å². The third-order valence-corrected chi connectivity index (χ3v) is 2.10. The summed E-state index contributed by atoms with van der Waals surface area (Å²) in [6.07, 6.45) is 4.89. The van der Waals surface area contributed by atoms with Crippen molar-refractivity contribution in [3.8, 4) is 0 Å². The van der Waals surface area contributed by atoms with E-state index in [1.807, 2.05) is 18.4 Å². The van der Waals surface area contributed by atoms with Crippen LogP contribution >= 0.6 is 0 Å². The van der Waals surface area contributed by atoms with Crippen LogP contribution in [-0.4, -0.2) is 14.5 Å². The summed E-state index contributed by atoms with van der Waals surface area (Å²) in [5, 5.41) is 0. The fourth-order valence-corrected chi connectivity index (χ4v) is 1.41. The SMILES string of the molecule is CC(C)n1ccc(=O)c2nccnc21. The minimum Gasteiger partial charge on any atom is -0.328 e. The van der Waals surface area contributed by atoms with Crippen LogP contribution in [0.4, 0.5) is 0 Å². The molecular formula is C10H11N3O. The fraction of sp³-hybridized carbons (Fsp3) is 0.300. The van der Waals surface area contributed by atoms with Gasteiger partial charge in [0, 0.05) is 30.7 Å². The van der Waals surface area contributed by atoms with Crippen molar-refractivity contribution in [3.05, 3.63) is 34.9 Å². The molecule has 0 fully saturated rings. The largest absolute Gasteiger partial charge is 0.328 e. The van der Waals surface area contributed by atoms with E-state index in [0.717, 1.165) is 0 Å². The molecule has 2 heterocycles. The van der Waals surface area contributed by atoms with Gasteiger partial charge in [0.05, 0.1) is 0 Å². The van der Waals surface area contributed by atoms with Gasteiger partial charge in [0.25, 0.3) is 0 Å². The second kappa shape index (κ2) is 3.21. The maximum atomic E-state index is 11.4. The predicted octanol–water partition coefficient (Wildman–Crippen LogP) is 1.37. The van der Waals surface area contributed by atoms with Crippen LogP contribution in [0.15, 0.2) is 29.5 Å². The van der Waals surface area contributed by atoms with Crippen LogP contribution in [0, 0.1) is 0 Å². The third-order valence-electron chi connectivity index (χ3n) is 2.10. The molecule has 0 aliphatic heterocycles. The van der Waals surface area contributed by atoms with Gasteiger partial charge in [-0.15, -0.1) is 0 Å². The van der Waals surface area contributed by atoms with E-state index in [4.69, 9.17) is 0 Å². The highest BCUT2D eigenvalue weighted by molar-refractivity contribution is 5.69. The van der Waals surface area contributed by atoms with Gasteiger partial charge in [-0.2, -0.15) is 0 Å². The highest BCUT2D eigenvalue weighted by Gasteiger charge is 2.05. The van der Waals surface area contributed by atoms with E-state index >= 15 is 0 Å². The zero-order valence-electron chi connectivity index (χ0n) is 8.14. The van der Waals surface area contributed by atoms with Crippen molar-refractivity contribution in [2.75, 3.05) is 0 Å². The maximum Gasteiger partial charge on any atom is 0.209 e. The Morgan fingerprint density at radius 2 is 2.00 bits per heavy atom. The van der Waals surface area contributed by atoms with E-state index < -0.39 is 0 Å². The zero-order valence-corrected chi connectivity index (χ0v) is 8.14. The molecule has 0 spiro atoms. The highest BCUT2D eigenvalue weighted by atomic mass is 16.1. The van der Waals surface area contributed by atoms with Gasteiger partial charge in [-0.25, -0.2) is 9.97 Å². The first kappa shape index (κ1) is 8.87. The standard InChI is InChI=1S/C10H11N3O/c1-7(2)13-6-3-8(14)9-10(13)12-5-4-11-9/h3-7H,1-2H3. The van der Waals surface area contributed by atoms with Crippen molar-refractivity contribution < 1.29 is 0 Å². The van der Waals surface area contributed by atoms with Gasteiger partial charge in [0.2, 0.25) is 5.43 Å². The molecular weight excluding hydrogens is 178 g/mol. The number of hydrogen-bond acceptors (Lipinski definition) is 3. The number of rotatable bonds is 1. The summed E-state index contributed by atoms with van der Waals surface area (Å²) in [6.45, 7) is 4.08. The molecule has 2 aromatic rings. The van der Waals surface area contributed by atoms with Crippen LogP contribution in [0.25, 0.3) is 11.2 Å². The van der Waals surface area contributed by atoms with Gasteiger partial charge < -0.3 is 4.57 Å². The van der Waals surface area contributed by atoms with E-state index in [0.29, 0.717) is 11.2 Å². The first-order valence-electron chi connectivity index (χ1n) is 4.52. The minimum absolute atomic E-state index is 0.0787. The van der Waals surface area contributed by atoms with E-state index in [1.54, 1.807) is 12.4 Å². The number of fused-ring (bicyclic) bond motifs is 1. The van der Waals surface area contributed by atoms with Crippen molar-refractivity contribution in [3.63, 3.8) is 0 Å². The normalized spacial score (nSPS) is 11.1. The molecule has 0 radical (unpaired) electrons. The smallest absolute Gasteiger partial charge is 0.209 e. The lowest BCUT2D eigenvalue weighted by atomic mass is 10.3. The average Bonchev–Trinajstić information content (AvgIpc) is 2.18. The van der Waals surface area contributed by atoms with Crippen LogP contribution in [-0.2, 0) is 0 Å². The molecule has 0 bridgehead atoms. The van der Waals surface area contributed by atoms with Gasteiger partial charge in [-0.1, -0.05) is 0 Å². The van der Waals surface area contributed by atoms with Crippen LogP contribution in [0.3, 0.4) is 0 Å². The first-order chi connectivity index (χ1) is 6.70. The Morgan fingerprint density at radius 3 is 2.71 bits per heavy atom. The monoisotopic (exact) mass is 189 g/mol. The molecule has 2 rings (SSSR count). The molecule has 4 heteroatoms. The Kier molecular flexibility index (Phi) is 2.04. The number of hydrogen-bond donors (Lipinski definition) is 0. The number of pyridine rings is 1. The quantitative estimate of drug-likeness (QED) is 0.680. The van der Waals surface area contributed by atoms with E-state index in [9.17, 15) is 4.79 Å². The molecule has 2 aromatic heterocycles. The van der Waals surface area contributed by atoms with Gasteiger partial charge in [0.15, 0.2) is 11.2 Å². The van der Waals surface area contributed by atoms with Crippen molar-refractivity contribution in [2.24, 2.45) is 0 Å². The zero-order chi connectivity index (χ0) is 10.1. The molecule has 0 aliphatic rings. The summed E-state index contributed by atoms with van der Waals surface area (Å²) in [6, 6.07) is 1.80. The molecule has 0 atom stereocenters. The summed E-state index contributed by atoms with van der Waals surface area (Å²) < 4.78 is 1.93. The number of aromatic nitrogens is 3. The van der Waals surface area contributed by atoms with Crippen LogP contribution < -0.4 is 5.43 Å². The Balaban J connectivity index is 2.89. The summed E-state index contributed by atoms with van der Waals surface area (Å²) in [5.41, 5.74) is 1.00. The predicted molar refractivity (Wildman–Crippen MR) is 54.2 cm³/mol. The molecule has 0 unspecified atom stereocenters. The van der Waals surface area contributed by atoms with Crippen molar-refractivity contribution >= 4 is 11.2 Å². The van der Waals surface area contributed by atoms with Crippen LogP contribution in [0.5, 0.6) is 0 Å². The lowest BCUT2D eigenvalue weighted by Crippen LogP contribution is -2.11. The van der Waals surface area contributed by atoms with Gasteiger partial charge in [-0.3, -0.25) is 4.79 Å². The Labute approximate surface area is 81.2 Å². The van der Waals surface area contributed by atoms with E-state index in [2.05, 4.69) is 9.97 Å². The summed E-state index contributed by atoms with van der Waals surface area (Å²) in [7, 11) is 0. The average molecular weight is 189 g/mol. The molecule has 0 N–H and O–H groups in total. The highest BCUT2D eigenvalue weighted by Crippen LogP contribution is 2.09. The van der Waals surface area contributed by atoms with Crippen LogP contribution in [0.2, 0.25) is 0 Å². The second-order valence-corrected chi connectivity index (χ2v) is 3.41. The van der Waals surface area contributed by atoms with Crippen molar-refractivity contribution in [1.82, 2.24) is 14.5 Å². The van der Waals surface area contributed by atoms with Gasteiger partial charge >= 0.3 is 0 Å². The molecule has 14 heavy (non-hydrogen) atoms. The molecule has 0 saturated heterocycles. The first-order valence-corrected chi connectivity index (χ1v) is 4.52. The molecule has 0 amide bonds. The maximum absolute atomic E-state index is 11.4. The van der Waals surface area contributed by atoms with Gasteiger partial charge in [0.1, 0.15) is 0 Å². The minimum atomic E-state index is -0.0787. The summed E-state index contributed by atoms with van der Waals surface area (Å²) in [4.78, 5) is 19.6. The lowest BCUT2D eigenvalue weighted by Gasteiger charge is -2.11. The van der Waals surface area contributed by atoms with Crippen molar-refractivity contribution in [2.45, 2.75) is 19.9 Å². The summed E-state index contributed by atoms with van der Waals surface area (Å²) >= 11 is 0. The van der Waals surface area contributed by atoms with E-state index in [1.165, 1.54) is 12.3 Å². The molecule has 72 valence electrons.